The summed E-state index contributed by atoms with van der Waals surface area (Å²) >= 11 is 14.6. The van der Waals surface area contributed by atoms with Gasteiger partial charge < -0.3 is 10.1 Å². The third-order valence-electron chi connectivity index (χ3n) is 5.95. The maximum Gasteiger partial charge on any atom is 0.271 e. The van der Waals surface area contributed by atoms with Crippen LogP contribution in [0.25, 0.3) is 11.3 Å². The first-order chi connectivity index (χ1) is 19.8. The molecule has 2 N–H and O–H groups in total. The molecule has 0 saturated heterocycles. The Morgan fingerprint density at radius 3 is 2.37 bits per heavy atom. The van der Waals surface area contributed by atoms with Crippen LogP contribution < -0.4 is 15.5 Å². The predicted molar refractivity (Wildman–Crippen MR) is 175 cm³/mol. The average molecular weight is 711 g/mol. The molecule has 0 spiro atoms. The van der Waals surface area contributed by atoms with Crippen LogP contribution in [0.3, 0.4) is 0 Å². The Kier molecular flexibility index (Phi) is 9.51. The number of carbonyl (C=O) groups excluding carboxylic acids is 1. The summed E-state index contributed by atoms with van der Waals surface area (Å²) in [6.07, 6.45) is 1.57. The van der Waals surface area contributed by atoms with E-state index in [1.54, 1.807) is 18.3 Å². The highest BCUT2D eigenvalue weighted by atomic mass is 79.9. The summed E-state index contributed by atoms with van der Waals surface area (Å²) in [6.45, 7) is 2.45. The average Bonchev–Trinajstić information content (AvgIpc) is 3.43. The quantitative estimate of drug-likeness (QED) is 0.118. The van der Waals surface area contributed by atoms with E-state index in [1.165, 1.54) is 16.9 Å². The smallest absolute Gasteiger partial charge is 0.271 e. The lowest BCUT2D eigenvalue weighted by molar-refractivity contribution is 0.0955. The number of anilines is 2. The predicted octanol–water partition coefficient (Wildman–Crippen LogP) is 9.38. The van der Waals surface area contributed by atoms with E-state index in [0.29, 0.717) is 22.9 Å². The van der Waals surface area contributed by atoms with E-state index in [1.807, 2.05) is 66.0 Å². The number of ether oxygens (including phenoxy) is 1. The molecule has 0 bridgehead atoms. The van der Waals surface area contributed by atoms with Gasteiger partial charge >= 0.3 is 0 Å². The highest BCUT2D eigenvalue weighted by molar-refractivity contribution is 9.11. The third-order valence-corrected chi connectivity index (χ3v) is 8.13. The first-order valence-corrected chi connectivity index (χ1v) is 15.3. The van der Waals surface area contributed by atoms with Crippen LogP contribution in [0, 0.1) is 6.92 Å². The zero-order chi connectivity index (χ0) is 28.8. The number of hydrogen-bond donors (Lipinski definition) is 2. The molecule has 206 valence electrons. The zero-order valence-corrected chi connectivity index (χ0v) is 26.4. The normalized spacial score (nSPS) is 11.0. The van der Waals surface area contributed by atoms with Gasteiger partial charge in [0.2, 0.25) is 0 Å². The minimum Gasteiger partial charge on any atom is -0.487 e. The number of aryl methyl sites for hydroxylation is 1. The summed E-state index contributed by atoms with van der Waals surface area (Å²) in [7, 11) is 0. The van der Waals surface area contributed by atoms with Crippen molar-refractivity contribution in [1.82, 2.24) is 10.4 Å². The third kappa shape index (κ3) is 7.83. The molecule has 0 saturated carbocycles. The Morgan fingerprint density at radius 1 is 1.00 bits per heavy atom. The molecule has 10 heteroatoms. The SMILES string of the molecule is Cc1ccc(Nc2nc(-c3ccc(C(=O)N/N=C\c4cc(Br)c(OCc5ccc(Cl)cc5)c(Br)c4)cc3)cs2)cc1. The van der Waals surface area contributed by atoms with Crippen LogP contribution in [0.15, 0.2) is 104 Å². The fourth-order valence-corrected chi connectivity index (χ4v) is 6.09. The van der Waals surface area contributed by atoms with Crippen molar-refractivity contribution in [2.45, 2.75) is 13.5 Å². The van der Waals surface area contributed by atoms with Crippen molar-refractivity contribution in [2.75, 3.05) is 5.32 Å². The second-order valence-corrected chi connectivity index (χ2v) is 12.0. The Balaban J connectivity index is 1.16. The molecule has 0 radical (unpaired) electrons. The number of rotatable bonds is 9. The van der Waals surface area contributed by atoms with E-state index in [0.717, 1.165) is 42.1 Å². The zero-order valence-electron chi connectivity index (χ0n) is 21.7. The first kappa shape index (κ1) is 29.0. The van der Waals surface area contributed by atoms with Crippen molar-refractivity contribution in [3.63, 3.8) is 0 Å². The summed E-state index contributed by atoms with van der Waals surface area (Å²) in [5.41, 5.74) is 8.81. The van der Waals surface area contributed by atoms with Gasteiger partial charge in [-0.15, -0.1) is 11.3 Å². The highest BCUT2D eigenvalue weighted by Gasteiger charge is 2.11. The van der Waals surface area contributed by atoms with Crippen LogP contribution in [0.4, 0.5) is 10.8 Å². The Morgan fingerprint density at radius 2 is 1.68 bits per heavy atom. The van der Waals surface area contributed by atoms with E-state index in [2.05, 4.69) is 71.7 Å². The lowest BCUT2D eigenvalue weighted by Gasteiger charge is -2.11. The van der Waals surface area contributed by atoms with Crippen LogP contribution in [-0.2, 0) is 6.61 Å². The van der Waals surface area contributed by atoms with Crippen LogP contribution in [0.5, 0.6) is 5.75 Å². The van der Waals surface area contributed by atoms with Crippen molar-refractivity contribution in [3.8, 4) is 17.0 Å². The molecule has 4 aromatic carbocycles. The molecule has 0 fully saturated rings. The monoisotopic (exact) mass is 708 g/mol. The maximum absolute atomic E-state index is 12.6. The summed E-state index contributed by atoms with van der Waals surface area (Å²) in [5.74, 6) is 0.355. The number of carbonyl (C=O) groups is 1. The number of aromatic nitrogens is 1. The largest absolute Gasteiger partial charge is 0.487 e. The van der Waals surface area contributed by atoms with E-state index >= 15 is 0 Å². The molecule has 0 atom stereocenters. The Labute approximate surface area is 263 Å². The van der Waals surface area contributed by atoms with Gasteiger partial charge in [0.1, 0.15) is 12.4 Å². The van der Waals surface area contributed by atoms with Gasteiger partial charge in [0.05, 0.1) is 20.9 Å². The molecular weight excluding hydrogens is 688 g/mol. The molecule has 0 aliphatic rings. The summed E-state index contributed by atoms with van der Waals surface area (Å²) < 4.78 is 7.47. The fourth-order valence-electron chi connectivity index (χ4n) is 3.77. The summed E-state index contributed by atoms with van der Waals surface area (Å²) in [6, 6.07) is 26.6. The number of benzene rings is 4. The lowest BCUT2D eigenvalue weighted by atomic mass is 10.1. The van der Waals surface area contributed by atoms with Crippen molar-refractivity contribution in [3.05, 3.63) is 127 Å². The van der Waals surface area contributed by atoms with E-state index in [9.17, 15) is 4.79 Å². The molecule has 5 rings (SSSR count). The maximum atomic E-state index is 12.6. The first-order valence-electron chi connectivity index (χ1n) is 12.4. The Bertz CT molecular complexity index is 1670. The highest BCUT2D eigenvalue weighted by Crippen LogP contribution is 2.35. The van der Waals surface area contributed by atoms with Gasteiger partial charge in [-0.3, -0.25) is 4.79 Å². The number of nitrogens with zero attached hydrogens (tertiary/aromatic N) is 2. The van der Waals surface area contributed by atoms with Crippen LogP contribution in [-0.4, -0.2) is 17.1 Å². The van der Waals surface area contributed by atoms with Crippen molar-refractivity contribution in [1.29, 1.82) is 0 Å². The van der Waals surface area contributed by atoms with E-state index < -0.39 is 0 Å². The molecule has 1 amide bonds. The van der Waals surface area contributed by atoms with Crippen LogP contribution in [0.1, 0.15) is 27.0 Å². The minimum absolute atomic E-state index is 0.311. The van der Waals surface area contributed by atoms with Gasteiger partial charge in [-0.1, -0.05) is 53.6 Å². The van der Waals surface area contributed by atoms with Crippen molar-refractivity contribution < 1.29 is 9.53 Å². The molecule has 0 aliphatic carbocycles. The van der Waals surface area contributed by atoms with Gasteiger partial charge in [-0.2, -0.15) is 5.10 Å². The van der Waals surface area contributed by atoms with Crippen molar-refractivity contribution >= 4 is 77.7 Å². The Hall–Kier alpha value is -3.50. The molecule has 5 aromatic rings. The number of amides is 1. The van der Waals surface area contributed by atoms with Gasteiger partial charge in [0.25, 0.3) is 5.91 Å². The van der Waals surface area contributed by atoms with Gasteiger partial charge in [0.15, 0.2) is 5.13 Å². The number of nitrogens with one attached hydrogen (secondary N) is 2. The summed E-state index contributed by atoms with van der Waals surface area (Å²) in [4.78, 5) is 17.3. The molecule has 0 aliphatic heterocycles. The molecular formula is C31H23Br2ClN4O2S. The summed E-state index contributed by atoms with van der Waals surface area (Å²) in [5, 5.41) is 10.9. The number of halogens is 3. The van der Waals surface area contributed by atoms with Crippen molar-refractivity contribution in [2.24, 2.45) is 5.10 Å². The van der Waals surface area contributed by atoms with Gasteiger partial charge in [-0.25, -0.2) is 10.4 Å². The second-order valence-electron chi connectivity index (χ2n) is 9.03. The minimum atomic E-state index is -0.311. The van der Waals surface area contributed by atoms with Crippen LogP contribution >= 0.6 is 54.8 Å². The second kappa shape index (κ2) is 13.4. The fraction of sp³-hybridized carbons (Fsp3) is 0.0645. The standard InChI is InChI=1S/C31H23Br2ClN4O2S/c1-19-2-12-25(13-3-19)36-31-37-28(18-41-31)22-6-8-23(9-7-22)30(39)38-35-16-21-14-26(32)29(27(33)15-21)40-17-20-4-10-24(34)11-5-20/h2-16,18H,17H2,1H3,(H,36,37)(H,38,39)/b35-16-. The molecule has 1 aromatic heterocycles. The van der Waals surface area contributed by atoms with Crippen LogP contribution in [0.2, 0.25) is 5.02 Å². The topological polar surface area (TPSA) is 75.6 Å². The van der Waals surface area contributed by atoms with Gasteiger partial charge in [0, 0.05) is 27.2 Å². The number of thiazole rings is 1. The molecule has 1 heterocycles. The molecule has 41 heavy (non-hydrogen) atoms. The number of hydrogen-bond acceptors (Lipinski definition) is 6. The number of hydrazone groups is 1. The van der Waals surface area contributed by atoms with E-state index in [-0.39, 0.29) is 5.91 Å². The molecule has 6 nitrogen and oxygen atoms in total. The lowest BCUT2D eigenvalue weighted by Crippen LogP contribution is -2.17. The van der Waals surface area contributed by atoms with Gasteiger partial charge in [-0.05, 0) is 98.4 Å². The van der Waals surface area contributed by atoms with E-state index in [4.69, 9.17) is 16.3 Å². The molecule has 0 unspecified atom stereocenters.